The van der Waals surface area contributed by atoms with Crippen molar-refractivity contribution in [2.24, 2.45) is 4.99 Å². The van der Waals surface area contributed by atoms with Gasteiger partial charge in [0.05, 0.1) is 26.3 Å². The van der Waals surface area contributed by atoms with Crippen molar-refractivity contribution in [2.45, 2.75) is 25.7 Å². The molecule has 44 heavy (non-hydrogen) atoms. The van der Waals surface area contributed by atoms with E-state index in [0.29, 0.717) is 21.4 Å². The number of halogens is 7. The number of hydrogen-bond acceptors (Lipinski definition) is 6. The van der Waals surface area contributed by atoms with Gasteiger partial charge in [0.25, 0.3) is 5.56 Å². The predicted octanol–water partition coefficient (Wildman–Crippen LogP) is 7.44. The molecule has 14 heteroatoms. The SMILES string of the molecule is CCOC(=O)C1=C(C(F)(F)F)N=c2s/c(=C\c3cc(I)cc(I)c3OCc3ccc(Cl)cc3)c(=O)n2[C@H]1c1ccc(Cl)cc1. The standard InChI is InChI=1S/C30H19Cl2F3I2N2O4S/c1-2-42-28(41)23-24(16-5-9-19(32)10-6-16)39-27(40)22(44-29(39)38-26(23)30(33,34)35)12-17-11-20(36)13-21(37)25(17)43-14-15-3-7-18(31)8-4-15/h3-13,24H,2,14H2,1H3/b22-12-/t24-/m0/s1. The molecule has 1 aliphatic rings. The number of benzene rings is 3. The molecular formula is C30H19Cl2F3I2N2O4S. The minimum absolute atomic E-state index is 0.100. The van der Waals surface area contributed by atoms with Gasteiger partial charge in [-0.2, -0.15) is 13.2 Å². The summed E-state index contributed by atoms with van der Waals surface area (Å²) < 4.78 is 57.2. The van der Waals surface area contributed by atoms with Gasteiger partial charge in [-0.3, -0.25) is 9.36 Å². The molecule has 4 aromatic rings. The van der Waals surface area contributed by atoms with E-state index < -0.39 is 35.0 Å². The minimum Gasteiger partial charge on any atom is -0.487 e. The lowest BCUT2D eigenvalue weighted by atomic mass is 9.95. The average molecular weight is 885 g/mol. The molecule has 0 fully saturated rings. The molecule has 1 aromatic heterocycles. The van der Waals surface area contributed by atoms with Crippen LogP contribution in [0.4, 0.5) is 13.2 Å². The summed E-state index contributed by atoms with van der Waals surface area (Å²) >= 11 is 17.1. The Kier molecular flexibility index (Phi) is 10.1. The Bertz CT molecular complexity index is 1960. The van der Waals surface area contributed by atoms with Crippen molar-refractivity contribution in [3.63, 3.8) is 0 Å². The number of ether oxygens (including phenoxy) is 2. The summed E-state index contributed by atoms with van der Waals surface area (Å²) in [7, 11) is 0. The second-order valence-electron chi connectivity index (χ2n) is 9.34. The van der Waals surface area contributed by atoms with Crippen LogP contribution in [0.1, 0.15) is 29.7 Å². The Morgan fingerprint density at radius 2 is 1.70 bits per heavy atom. The Balaban J connectivity index is 1.71. The molecule has 0 aliphatic carbocycles. The van der Waals surface area contributed by atoms with E-state index in [2.05, 4.69) is 50.2 Å². The lowest BCUT2D eigenvalue weighted by Gasteiger charge is -2.26. The number of allylic oxidation sites excluding steroid dienone is 1. The maximum Gasteiger partial charge on any atom is 0.434 e. The van der Waals surface area contributed by atoms with Gasteiger partial charge in [-0.1, -0.05) is 58.8 Å². The van der Waals surface area contributed by atoms with E-state index in [1.54, 1.807) is 24.3 Å². The molecule has 0 N–H and O–H groups in total. The smallest absolute Gasteiger partial charge is 0.434 e. The van der Waals surface area contributed by atoms with Crippen LogP contribution in [0.3, 0.4) is 0 Å². The largest absolute Gasteiger partial charge is 0.487 e. The zero-order chi connectivity index (χ0) is 31.8. The summed E-state index contributed by atoms with van der Waals surface area (Å²) in [6.45, 7) is 1.52. The maximum absolute atomic E-state index is 14.4. The van der Waals surface area contributed by atoms with Crippen LogP contribution in [-0.2, 0) is 16.1 Å². The number of nitrogens with zero attached hydrogens (tertiary/aromatic N) is 2. The number of carbonyl (C=O) groups excluding carboxylic acids is 1. The fraction of sp³-hybridized carbons (Fsp3) is 0.167. The topological polar surface area (TPSA) is 69.9 Å². The van der Waals surface area contributed by atoms with Crippen LogP contribution in [0.2, 0.25) is 10.0 Å². The monoisotopic (exact) mass is 884 g/mol. The molecule has 0 unspecified atom stereocenters. The van der Waals surface area contributed by atoms with Crippen molar-refractivity contribution in [1.82, 2.24) is 4.57 Å². The minimum atomic E-state index is -5.00. The van der Waals surface area contributed by atoms with Gasteiger partial charge in [0.2, 0.25) is 0 Å². The Morgan fingerprint density at radius 3 is 2.32 bits per heavy atom. The van der Waals surface area contributed by atoms with Crippen LogP contribution >= 0.6 is 79.7 Å². The van der Waals surface area contributed by atoms with Crippen molar-refractivity contribution in [2.75, 3.05) is 6.61 Å². The molecule has 0 saturated heterocycles. The van der Waals surface area contributed by atoms with Crippen molar-refractivity contribution in [1.29, 1.82) is 0 Å². The summed E-state index contributed by atoms with van der Waals surface area (Å²) in [5.41, 5.74) is -1.19. The highest BCUT2D eigenvalue weighted by molar-refractivity contribution is 14.1. The second kappa shape index (κ2) is 13.5. The van der Waals surface area contributed by atoms with Crippen molar-refractivity contribution in [3.8, 4) is 5.75 Å². The first-order valence-electron chi connectivity index (χ1n) is 12.8. The van der Waals surface area contributed by atoms with Crippen LogP contribution in [0.25, 0.3) is 6.08 Å². The lowest BCUT2D eigenvalue weighted by Crippen LogP contribution is -2.41. The molecule has 2 heterocycles. The number of aromatic nitrogens is 1. The van der Waals surface area contributed by atoms with E-state index in [-0.39, 0.29) is 28.1 Å². The van der Waals surface area contributed by atoms with Crippen LogP contribution in [0.5, 0.6) is 5.75 Å². The van der Waals surface area contributed by atoms with Gasteiger partial charge in [0.1, 0.15) is 12.4 Å². The van der Waals surface area contributed by atoms with Crippen molar-refractivity contribution in [3.05, 3.63) is 125 Å². The Morgan fingerprint density at radius 1 is 1.07 bits per heavy atom. The highest BCUT2D eigenvalue weighted by Crippen LogP contribution is 2.38. The second-order valence-corrected chi connectivity index (χ2v) is 13.6. The predicted molar refractivity (Wildman–Crippen MR) is 180 cm³/mol. The van der Waals surface area contributed by atoms with Crippen LogP contribution in [0, 0.1) is 7.14 Å². The van der Waals surface area contributed by atoms with Gasteiger partial charge in [-0.25, -0.2) is 9.79 Å². The Hall–Kier alpha value is -2.40. The molecule has 0 saturated carbocycles. The first-order chi connectivity index (χ1) is 20.9. The van der Waals surface area contributed by atoms with E-state index in [1.165, 1.54) is 31.2 Å². The first kappa shape index (κ1) is 33.0. The van der Waals surface area contributed by atoms with E-state index in [9.17, 15) is 22.8 Å². The average Bonchev–Trinajstić information content (AvgIpc) is 3.27. The number of thiazole rings is 1. The van der Waals surface area contributed by atoms with E-state index >= 15 is 0 Å². The zero-order valence-corrected chi connectivity index (χ0v) is 29.1. The van der Waals surface area contributed by atoms with E-state index in [0.717, 1.165) is 28.6 Å². The van der Waals surface area contributed by atoms with Gasteiger partial charge in [0, 0.05) is 19.2 Å². The number of carbonyl (C=O) groups is 1. The van der Waals surface area contributed by atoms with Crippen molar-refractivity contribution < 1.29 is 27.4 Å². The van der Waals surface area contributed by atoms with Crippen LogP contribution in [0.15, 0.2) is 81.7 Å². The summed E-state index contributed by atoms with van der Waals surface area (Å²) in [5, 5.41) is 0.920. The molecule has 5 rings (SSSR count). The van der Waals surface area contributed by atoms with Gasteiger partial charge >= 0.3 is 12.1 Å². The fourth-order valence-corrected chi connectivity index (χ4v) is 7.81. The lowest BCUT2D eigenvalue weighted by molar-refractivity contribution is -0.140. The number of hydrogen-bond donors (Lipinski definition) is 0. The van der Waals surface area contributed by atoms with Crippen LogP contribution in [-0.4, -0.2) is 23.3 Å². The first-order valence-corrected chi connectivity index (χ1v) is 16.5. The molecule has 0 spiro atoms. The summed E-state index contributed by atoms with van der Waals surface area (Å²) in [5.74, 6) is -0.730. The summed E-state index contributed by atoms with van der Waals surface area (Å²) in [6.07, 6.45) is -3.44. The third kappa shape index (κ3) is 7.03. The number of rotatable bonds is 7. The number of esters is 1. The molecule has 3 aromatic carbocycles. The number of alkyl halides is 3. The molecule has 1 aliphatic heterocycles. The molecule has 0 radical (unpaired) electrons. The zero-order valence-electron chi connectivity index (χ0n) is 22.4. The highest BCUT2D eigenvalue weighted by Gasteiger charge is 2.45. The normalized spacial score (nSPS) is 15.2. The van der Waals surface area contributed by atoms with Gasteiger partial charge in [0.15, 0.2) is 10.5 Å². The molecule has 0 amide bonds. The van der Waals surface area contributed by atoms with Gasteiger partial charge in [-0.15, -0.1) is 0 Å². The molecule has 1 atom stereocenters. The quantitative estimate of drug-likeness (QED) is 0.143. The maximum atomic E-state index is 14.4. The molecule has 6 nitrogen and oxygen atoms in total. The fourth-order valence-electron chi connectivity index (χ4n) is 4.52. The van der Waals surface area contributed by atoms with E-state index in [1.807, 2.05) is 18.2 Å². The molecular weight excluding hydrogens is 866 g/mol. The van der Waals surface area contributed by atoms with Gasteiger partial charge in [-0.05, 0) is 106 Å². The van der Waals surface area contributed by atoms with E-state index in [4.69, 9.17) is 32.7 Å². The number of fused-ring (bicyclic) bond motifs is 1. The third-order valence-electron chi connectivity index (χ3n) is 6.40. The Labute approximate surface area is 290 Å². The van der Waals surface area contributed by atoms with Crippen molar-refractivity contribution >= 4 is 91.8 Å². The molecule has 0 bridgehead atoms. The van der Waals surface area contributed by atoms with Gasteiger partial charge < -0.3 is 9.47 Å². The molecule has 228 valence electrons. The summed E-state index contributed by atoms with van der Waals surface area (Å²) in [6, 6.07) is 15.3. The highest BCUT2D eigenvalue weighted by atomic mass is 127. The third-order valence-corrected chi connectivity index (χ3v) is 9.31. The summed E-state index contributed by atoms with van der Waals surface area (Å²) in [4.78, 5) is 30.6. The van der Waals surface area contributed by atoms with Crippen LogP contribution < -0.4 is 19.6 Å².